The van der Waals surface area contributed by atoms with E-state index in [2.05, 4.69) is 0 Å². The smallest absolute Gasteiger partial charge is 0.334 e. The second-order valence-corrected chi connectivity index (χ2v) is 5.29. The molecule has 0 aliphatic heterocycles. The number of hydrogen-bond donors (Lipinski definition) is 1. The van der Waals surface area contributed by atoms with Crippen molar-refractivity contribution in [3.8, 4) is 5.75 Å². The zero-order chi connectivity index (χ0) is 16.2. The largest absolute Gasteiger partial charge is 0.493 e. The van der Waals surface area contributed by atoms with Gasteiger partial charge >= 0.3 is 5.97 Å². The molecule has 0 radical (unpaired) electrons. The van der Waals surface area contributed by atoms with Gasteiger partial charge in [-0.25, -0.2) is 4.79 Å². The molecule has 0 bridgehead atoms. The Bertz CT molecular complexity index is 527. The summed E-state index contributed by atoms with van der Waals surface area (Å²) in [5, 5.41) is 9.80. The first kappa shape index (κ1) is 17.0. The van der Waals surface area contributed by atoms with E-state index in [1.165, 1.54) is 18.7 Å². The molecule has 0 aliphatic carbocycles. The Labute approximate surface area is 125 Å². The number of ether oxygens (including phenoxy) is 1. The van der Waals surface area contributed by atoms with E-state index in [0.29, 0.717) is 17.9 Å². The Morgan fingerprint density at radius 2 is 1.90 bits per heavy atom. The minimum absolute atomic E-state index is 0.252. The van der Waals surface area contributed by atoms with Crippen LogP contribution >= 0.6 is 0 Å². The van der Waals surface area contributed by atoms with E-state index >= 15 is 0 Å². The third kappa shape index (κ3) is 3.17. The van der Waals surface area contributed by atoms with Crippen molar-refractivity contribution in [3.63, 3.8) is 0 Å². The Balaban J connectivity index is 3.54. The van der Waals surface area contributed by atoms with Gasteiger partial charge in [-0.3, -0.25) is 4.79 Å². The van der Waals surface area contributed by atoms with E-state index in [9.17, 15) is 14.7 Å². The predicted octanol–water partition coefficient (Wildman–Crippen LogP) is 2.64. The molecule has 5 nitrogen and oxygen atoms in total. The maximum atomic E-state index is 12.0. The number of carboxylic acids is 1. The van der Waals surface area contributed by atoms with Crippen molar-refractivity contribution in [2.24, 2.45) is 0 Å². The van der Waals surface area contributed by atoms with E-state index in [4.69, 9.17) is 4.74 Å². The van der Waals surface area contributed by atoms with Crippen molar-refractivity contribution in [3.05, 3.63) is 29.8 Å². The van der Waals surface area contributed by atoms with Crippen molar-refractivity contribution >= 4 is 11.9 Å². The SMILES string of the molecule is CCOc1ccccc1C(C)(C(=O)O)N(C(C)=O)C(C)C. The second-order valence-electron chi connectivity index (χ2n) is 5.29. The third-order valence-electron chi connectivity index (χ3n) is 3.47. The van der Waals surface area contributed by atoms with Gasteiger partial charge in [0.05, 0.1) is 6.61 Å². The summed E-state index contributed by atoms with van der Waals surface area (Å²) in [6.45, 7) is 8.77. The summed E-state index contributed by atoms with van der Waals surface area (Å²) in [4.78, 5) is 25.3. The quantitative estimate of drug-likeness (QED) is 0.875. The van der Waals surface area contributed by atoms with Crippen molar-refractivity contribution in [1.82, 2.24) is 4.90 Å². The number of carboxylic acid groups (broad SMARTS) is 1. The molecule has 1 aromatic carbocycles. The summed E-state index contributed by atoms with van der Waals surface area (Å²) in [6, 6.07) is 6.69. The van der Waals surface area contributed by atoms with Crippen LogP contribution in [0.25, 0.3) is 0 Å². The first-order chi connectivity index (χ1) is 9.76. The summed E-state index contributed by atoms with van der Waals surface area (Å²) in [5.74, 6) is -0.892. The molecular weight excluding hydrogens is 270 g/mol. The first-order valence-corrected chi connectivity index (χ1v) is 7.02. The minimum Gasteiger partial charge on any atom is -0.493 e. The molecule has 21 heavy (non-hydrogen) atoms. The van der Waals surface area contributed by atoms with Crippen LogP contribution in [-0.2, 0) is 15.1 Å². The number of hydrogen-bond acceptors (Lipinski definition) is 3. The Hall–Kier alpha value is -2.04. The number of aliphatic carboxylic acids is 1. The maximum Gasteiger partial charge on any atom is 0.334 e. The lowest BCUT2D eigenvalue weighted by atomic mass is 9.88. The monoisotopic (exact) mass is 293 g/mol. The number of para-hydroxylation sites is 1. The van der Waals surface area contributed by atoms with E-state index in [-0.39, 0.29) is 11.9 Å². The molecule has 0 saturated carbocycles. The number of carbonyl (C=O) groups is 2. The van der Waals surface area contributed by atoms with Crippen molar-refractivity contribution in [2.45, 2.75) is 46.2 Å². The zero-order valence-electron chi connectivity index (χ0n) is 13.2. The number of carbonyl (C=O) groups excluding carboxylic acids is 1. The molecule has 0 fully saturated rings. The van der Waals surface area contributed by atoms with Gasteiger partial charge in [0.25, 0.3) is 0 Å². The van der Waals surface area contributed by atoms with Crippen LogP contribution in [0.2, 0.25) is 0 Å². The van der Waals surface area contributed by atoms with Gasteiger partial charge in [0.1, 0.15) is 5.75 Å². The lowest BCUT2D eigenvalue weighted by Gasteiger charge is -2.41. The lowest BCUT2D eigenvalue weighted by Crippen LogP contribution is -2.55. The van der Waals surface area contributed by atoms with Gasteiger partial charge in [-0.15, -0.1) is 0 Å². The molecule has 0 spiro atoms. The second kappa shape index (κ2) is 6.61. The molecular formula is C16H23NO4. The number of benzene rings is 1. The van der Waals surface area contributed by atoms with E-state index in [0.717, 1.165) is 0 Å². The highest BCUT2D eigenvalue weighted by molar-refractivity contribution is 5.88. The van der Waals surface area contributed by atoms with Crippen LogP contribution < -0.4 is 4.74 Å². The average Bonchev–Trinajstić information content (AvgIpc) is 2.38. The van der Waals surface area contributed by atoms with Crippen LogP contribution in [0.3, 0.4) is 0 Å². The summed E-state index contributed by atoms with van der Waals surface area (Å²) in [7, 11) is 0. The topological polar surface area (TPSA) is 66.8 Å². The Morgan fingerprint density at radius 3 is 2.33 bits per heavy atom. The van der Waals surface area contributed by atoms with E-state index in [1.807, 2.05) is 6.92 Å². The van der Waals surface area contributed by atoms with Gasteiger partial charge in [-0.1, -0.05) is 18.2 Å². The molecule has 1 atom stereocenters. The highest BCUT2D eigenvalue weighted by atomic mass is 16.5. The van der Waals surface area contributed by atoms with Crippen LogP contribution in [0.15, 0.2) is 24.3 Å². The molecule has 0 heterocycles. The fourth-order valence-corrected chi connectivity index (χ4v) is 2.69. The van der Waals surface area contributed by atoms with Crippen LogP contribution in [0.4, 0.5) is 0 Å². The van der Waals surface area contributed by atoms with Crippen molar-refractivity contribution in [2.75, 3.05) is 6.61 Å². The molecule has 116 valence electrons. The maximum absolute atomic E-state index is 12.0. The highest BCUT2D eigenvalue weighted by Gasteiger charge is 2.46. The van der Waals surface area contributed by atoms with Crippen LogP contribution in [0.5, 0.6) is 5.75 Å². The summed E-state index contributed by atoms with van der Waals surface area (Å²) in [5.41, 5.74) is -1.01. The van der Waals surface area contributed by atoms with E-state index in [1.54, 1.807) is 38.1 Å². The molecule has 1 N–H and O–H groups in total. The standard InChI is InChI=1S/C16H23NO4/c1-6-21-14-10-8-7-9-13(14)16(5,15(19)20)17(11(2)3)12(4)18/h7-11H,6H2,1-5H3,(H,19,20). The van der Waals surface area contributed by atoms with Gasteiger partial charge in [-0.05, 0) is 33.8 Å². The molecule has 0 aliphatic rings. The van der Waals surface area contributed by atoms with Gasteiger partial charge < -0.3 is 14.7 Å². The molecule has 1 rings (SSSR count). The first-order valence-electron chi connectivity index (χ1n) is 7.02. The van der Waals surface area contributed by atoms with Gasteiger partial charge in [-0.2, -0.15) is 0 Å². The minimum atomic E-state index is -1.48. The van der Waals surface area contributed by atoms with Crippen molar-refractivity contribution in [1.29, 1.82) is 0 Å². The Morgan fingerprint density at radius 1 is 1.33 bits per heavy atom. The molecule has 1 unspecified atom stereocenters. The van der Waals surface area contributed by atoms with Crippen LogP contribution in [-0.4, -0.2) is 34.5 Å². The normalized spacial score (nSPS) is 13.6. The summed E-state index contributed by atoms with van der Waals surface area (Å²) < 4.78 is 5.54. The van der Waals surface area contributed by atoms with Gasteiger partial charge in [0.2, 0.25) is 5.91 Å². The van der Waals surface area contributed by atoms with Gasteiger partial charge in [0, 0.05) is 18.5 Å². The fourth-order valence-electron chi connectivity index (χ4n) is 2.69. The number of nitrogens with zero attached hydrogens (tertiary/aromatic N) is 1. The molecule has 0 saturated heterocycles. The molecule has 1 aromatic rings. The zero-order valence-corrected chi connectivity index (χ0v) is 13.2. The number of rotatable bonds is 6. The summed E-state index contributed by atoms with van der Waals surface area (Å²) in [6.07, 6.45) is 0. The summed E-state index contributed by atoms with van der Waals surface area (Å²) >= 11 is 0. The van der Waals surface area contributed by atoms with Crippen LogP contribution in [0.1, 0.15) is 40.2 Å². The average molecular weight is 293 g/mol. The van der Waals surface area contributed by atoms with Crippen molar-refractivity contribution < 1.29 is 19.4 Å². The molecule has 1 amide bonds. The Kier molecular flexibility index (Phi) is 5.35. The predicted molar refractivity (Wildman–Crippen MR) is 80.3 cm³/mol. The lowest BCUT2D eigenvalue weighted by molar-refractivity contribution is -0.160. The molecule has 5 heteroatoms. The third-order valence-corrected chi connectivity index (χ3v) is 3.47. The molecule has 0 aromatic heterocycles. The van der Waals surface area contributed by atoms with E-state index < -0.39 is 11.5 Å². The highest BCUT2D eigenvalue weighted by Crippen LogP contribution is 2.36. The fraction of sp³-hybridized carbons (Fsp3) is 0.500. The van der Waals surface area contributed by atoms with Crippen LogP contribution in [0, 0.1) is 0 Å². The van der Waals surface area contributed by atoms with Gasteiger partial charge in [0.15, 0.2) is 5.54 Å². The number of amides is 1.